The van der Waals surface area contributed by atoms with Gasteiger partial charge in [-0.25, -0.2) is 8.78 Å². The minimum absolute atomic E-state index is 0.0137. The van der Waals surface area contributed by atoms with Crippen molar-refractivity contribution in [3.8, 4) is 5.69 Å². The molecule has 7 nitrogen and oxygen atoms in total. The Balaban J connectivity index is 1.69. The van der Waals surface area contributed by atoms with E-state index < -0.39 is 17.2 Å². The molecule has 0 aliphatic carbocycles. The maximum absolute atomic E-state index is 13.5. The summed E-state index contributed by atoms with van der Waals surface area (Å²) in [6.07, 6.45) is 5.39. The van der Waals surface area contributed by atoms with E-state index in [4.69, 9.17) is 0 Å². The molecule has 2 heterocycles. The molecule has 0 saturated carbocycles. The molecule has 1 amide bonds. The lowest BCUT2D eigenvalue weighted by Crippen LogP contribution is -2.25. The highest BCUT2D eigenvalue weighted by molar-refractivity contribution is 5.75. The zero-order chi connectivity index (χ0) is 21.0. The van der Waals surface area contributed by atoms with Crippen molar-refractivity contribution in [1.82, 2.24) is 24.5 Å². The number of nitrogens with zero attached hydrogens (tertiary/aromatic N) is 4. The molecule has 154 valence electrons. The summed E-state index contributed by atoms with van der Waals surface area (Å²) in [5.74, 6) is -0.943. The number of carbonyl (C=O) groups is 1. The molecule has 0 unspecified atom stereocenters. The lowest BCUT2D eigenvalue weighted by atomic mass is 10.1. The summed E-state index contributed by atoms with van der Waals surface area (Å²) < 4.78 is 29.3. The predicted molar refractivity (Wildman–Crippen MR) is 104 cm³/mol. The van der Waals surface area contributed by atoms with Crippen molar-refractivity contribution < 1.29 is 13.6 Å². The Labute approximate surface area is 166 Å². The van der Waals surface area contributed by atoms with Gasteiger partial charge in [-0.2, -0.15) is 0 Å². The number of nitrogens with one attached hydrogen (secondary N) is 1. The molecule has 0 aliphatic heterocycles. The first-order valence-corrected chi connectivity index (χ1v) is 9.54. The number of amides is 1. The molecular formula is C20H23F2N5O2. The Morgan fingerprint density at radius 2 is 1.97 bits per heavy atom. The maximum Gasteiger partial charge on any atom is 0.300 e. The third-order valence-electron chi connectivity index (χ3n) is 4.57. The van der Waals surface area contributed by atoms with E-state index in [1.165, 1.54) is 16.8 Å². The average Bonchev–Trinajstić information content (AvgIpc) is 3.08. The highest BCUT2D eigenvalue weighted by Crippen LogP contribution is 2.12. The molecule has 3 rings (SSSR count). The van der Waals surface area contributed by atoms with Gasteiger partial charge < -0.3 is 5.32 Å². The van der Waals surface area contributed by atoms with Crippen molar-refractivity contribution in [2.24, 2.45) is 5.92 Å². The molecule has 1 N–H and O–H groups in total. The Kier molecular flexibility index (Phi) is 6.36. The van der Waals surface area contributed by atoms with Gasteiger partial charge in [0.05, 0.1) is 5.69 Å². The van der Waals surface area contributed by atoms with Crippen LogP contribution in [-0.4, -0.2) is 31.6 Å². The van der Waals surface area contributed by atoms with Crippen LogP contribution in [0.15, 0.2) is 35.4 Å². The van der Waals surface area contributed by atoms with Gasteiger partial charge in [0.15, 0.2) is 11.6 Å². The van der Waals surface area contributed by atoms with Crippen LogP contribution in [0.25, 0.3) is 11.3 Å². The number of aromatic nitrogens is 4. The van der Waals surface area contributed by atoms with Crippen molar-refractivity contribution in [3.05, 3.63) is 58.4 Å². The fourth-order valence-corrected chi connectivity index (χ4v) is 2.94. The van der Waals surface area contributed by atoms with E-state index in [0.29, 0.717) is 37.5 Å². The van der Waals surface area contributed by atoms with Crippen LogP contribution < -0.4 is 10.9 Å². The summed E-state index contributed by atoms with van der Waals surface area (Å²) in [6, 6.07) is 3.22. The van der Waals surface area contributed by atoms with Crippen LogP contribution in [0.1, 0.15) is 38.9 Å². The van der Waals surface area contributed by atoms with E-state index in [0.717, 1.165) is 18.6 Å². The summed E-state index contributed by atoms with van der Waals surface area (Å²) in [6.45, 7) is 4.86. The largest absolute Gasteiger partial charge is 0.356 e. The van der Waals surface area contributed by atoms with E-state index in [2.05, 4.69) is 29.4 Å². The Bertz CT molecular complexity index is 1070. The Morgan fingerprint density at radius 1 is 1.17 bits per heavy atom. The third kappa shape index (κ3) is 4.85. The number of hydrogen-bond acceptors (Lipinski definition) is 4. The maximum atomic E-state index is 13.5. The number of halogens is 2. The molecule has 0 fully saturated rings. The van der Waals surface area contributed by atoms with E-state index >= 15 is 0 Å². The number of benzene rings is 1. The molecular weight excluding hydrogens is 380 g/mol. The van der Waals surface area contributed by atoms with Crippen molar-refractivity contribution in [1.29, 1.82) is 0 Å². The van der Waals surface area contributed by atoms with Crippen LogP contribution >= 0.6 is 0 Å². The van der Waals surface area contributed by atoms with Gasteiger partial charge in [0.1, 0.15) is 5.82 Å². The zero-order valence-corrected chi connectivity index (χ0v) is 16.4. The molecule has 29 heavy (non-hydrogen) atoms. The molecule has 0 saturated heterocycles. The number of carbonyl (C=O) groups excluding carboxylic acids is 1. The lowest BCUT2D eigenvalue weighted by molar-refractivity contribution is -0.121. The van der Waals surface area contributed by atoms with Crippen molar-refractivity contribution in [3.63, 3.8) is 0 Å². The minimum atomic E-state index is -1.04. The van der Waals surface area contributed by atoms with Gasteiger partial charge in [-0.1, -0.05) is 13.8 Å². The summed E-state index contributed by atoms with van der Waals surface area (Å²) in [5.41, 5.74) is -0.226. The SMILES string of the molecule is CC(C)CCNC(=O)CCCc1nnc2c(=O)n(-c3ccc(F)c(F)c3)ccn12. The average molecular weight is 403 g/mol. The van der Waals surface area contributed by atoms with Gasteiger partial charge in [-0.05, 0) is 30.9 Å². The molecule has 3 aromatic rings. The zero-order valence-electron chi connectivity index (χ0n) is 16.4. The molecule has 2 aromatic heterocycles. The third-order valence-corrected chi connectivity index (χ3v) is 4.57. The molecule has 0 spiro atoms. The van der Waals surface area contributed by atoms with Crippen molar-refractivity contribution in [2.75, 3.05) is 6.54 Å². The normalized spacial score (nSPS) is 11.3. The van der Waals surface area contributed by atoms with E-state index in [-0.39, 0.29) is 17.2 Å². The molecule has 1 aromatic carbocycles. The van der Waals surface area contributed by atoms with Crippen molar-refractivity contribution in [2.45, 2.75) is 39.5 Å². The molecule has 0 aliphatic rings. The fraction of sp³-hybridized carbons (Fsp3) is 0.400. The van der Waals surface area contributed by atoms with Crippen LogP contribution in [0.4, 0.5) is 8.78 Å². The quantitative estimate of drug-likeness (QED) is 0.627. The standard InChI is InChI=1S/C20H23F2N5O2/c1-13(2)8-9-23-18(28)5-3-4-17-24-25-19-20(29)26(10-11-27(17)19)14-6-7-15(21)16(22)12-14/h6-7,10-13H,3-5,8-9H2,1-2H3,(H,23,28). The van der Waals surface area contributed by atoms with E-state index in [1.54, 1.807) is 10.6 Å². The van der Waals surface area contributed by atoms with Gasteiger partial charge in [0.2, 0.25) is 11.6 Å². The van der Waals surface area contributed by atoms with Crippen LogP contribution in [0, 0.1) is 17.6 Å². The predicted octanol–water partition coefficient (Wildman–Crippen LogP) is 2.64. The molecule has 0 atom stereocenters. The second-order valence-electron chi connectivity index (χ2n) is 7.27. The second-order valence-corrected chi connectivity index (χ2v) is 7.27. The van der Waals surface area contributed by atoms with Crippen LogP contribution in [0.3, 0.4) is 0 Å². The first-order chi connectivity index (χ1) is 13.9. The fourth-order valence-electron chi connectivity index (χ4n) is 2.94. The number of hydrogen-bond donors (Lipinski definition) is 1. The highest BCUT2D eigenvalue weighted by Gasteiger charge is 2.13. The monoisotopic (exact) mass is 403 g/mol. The lowest BCUT2D eigenvalue weighted by Gasteiger charge is -2.08. The van der Waals surface area contributed by atoms with Gasteiger partial charge in [-0.15, -0.1) is 10.2 Å². The topological polar surface area (TPSA) is 81.3 Å². The molecule has 0 bridgehead atoms. The number of fused-ring (bicyclic) bond motifs is 1. The Hall–Kier alpha value is -3.10. The van der Waals surface area contributed by atoms with E-state index in [9.17, 15) is 18.4 Å². The molecule has 9 heteroatoms. The summed E-state index contributed by atoms with van der Waals surface area (Å²) in [7, 11) is 0. The summed E-state index contributed by atoms with van der Waals surface area (Å²) >= 11 is 0. The highest BCUT2D eigenvalue weighted by atomic mass is 19.2. The smallest absolute Gasteiger partial charge is 0.300 e. The van der Waals surface area contributed by atoms with Crippen LogP contribution in [-0.2, 0) is 11.2 Å². The minimum Gasteiger partial charge on any atom is -0.356 e. The van der Waals surface area contributed by atoms with E-state index in [1.807, 2.05) is 0 Å². The van der Waals surface area contributed by atoms with Gasteiger partial charge >= 0.3 is 5.56 Å². The molecule has 0 radical (unpaired) electrons. The van der Waals surface area contributed by atoms with Gasteiger partial charge in [0, 0.05) is 37.8 Å². The first kappa shape index (κ1) is 20.6. The summed E-state index contributed by atoms with van der Waals surface area (Å²) in [4.78, 5) is 24.5. The van der Waals surface area contributed by atoms with Gasteiger partial charge in [0.25, 0.3) is 0 Å². The first-order valence-electron chi connectivity index (χ1n) is 9.54. The number of aryl methyl sites for hydroxylation is 1. The van der Waals surface area contributed by atoms with Gasteiger partial charge in [-0.3, -0.25) is 18.6 Å². The Morgan fingerprint density at radius 3 is 2.69 bits per heavy atom. The number of rotatable bonds is 8. The van der Waals surface area contributed by atoms with Crippen LogP contribution in [0.2, 0.25) is 0 Å². The van der Waals surface area contributed by atoms with Crippen LogP contribution in [0.5, 0.6) is 0 Å². The second kappa shape index (κ2) is 8.93. The summed E-state index contributed by atoms with van der Waals surface area (Å²) in [5, 5.41) is 10.8. The van der Waals surface area contributed by atoms with Crippen molar-refractivity contribution >= 4 is 11.6 Å².